The number of hydrogen-bond acceptors (Lipinski definition) is 7. The molecular formula is C28H39FO7. The van der Waals surface area contributed by atoms with Crippen LogP contribution in [0, 0.1) is 0 Å². The maximum Gasteiger partial charge on any atom is 0.191 e. The second kappa shape index (κ2) is 14.7. The van der Waals surface area contributed by atoms with Crippen LogP contribution in [0.5, 0.6) is 0 Å². The lowest BCUT2D eigenvalue weighted by Crippen LogP contribution is -2.35. The largest absolute Gasteiger partial charge is 0.385 e. The summed E-state index contributed by atoms with van der Waals surface area (Å²) < 4.78 is 46.5. The van der Waals surface area contributed by atoms with E-state index in [1.54, 1.807) is 0 Å². The lowest BCUT2D eigenvalue weighted by molar-refractivity contribution is -0.148. The quantitative estimate of drug-likeness (QED) is 0.512. The van der Waals surface area contributed by atoms with Gasteiger partial charge in [-0.2, -0.15) is 0 Å². The molecule has 2 fully saturated rings. The number of aliphatic hydroxyl groups is 1. The van der Waals surface area contributed by atoms with Crippen molar-refractivity contribution in [3.8, 4) is 0 Å². The number of methoxy groups -OCH3 is 2. The van der Waals surface area contributed by atoms with Crippen LogP contribution in [0.4, 0.5) is 4.39 Å². The van der Waals surface area contributed by atoms with Crippen LogP contribution in [0.25, 0.3) is 0 Å². The molecule has 0 spiro atoms. The maximum absolute atomic E-state index is 14.0. The zero-order chi connectivity index (χ0) is 25.9. The number of benzene rings is 2. The first-order chi connectivity index (χ1) is 17.5. The minimum absolute atomic E-state index is 0.117. The van der Waals surface area contributed by atoms with Crippen LogP contribution >= 0.6 is 0 Å². The molecule has 2 aromatic carbocycles. The Bertz CT molecular complexity index is 780. The number of hydrogen-bond donors (Lipinski definition) is 1. The highest BCUT2D eigenvalue weighted by Crippen LogP contribution is 2.30. The molecule has 0 bridgehead atoms. The molecule has 2 heterocycles. The summed E-state index contributed by atoms with van der Waals surface area (Å²) in [5.74, 6) is 0. The van der Waals surface area contributed by atoms with E-state index in [0.717, 1.165) is 17.5 Å². The van der Waals surface area contributed by atoms with Gasteiger partial charge in [0.1, 0.15) is 18.3 Å². The van der Waals surface area contributed by atoms with Gasteiger partial charge in [0.05, 0.1) is 25.4 Å². The summed E-state index contributed by atoms with van der Waals surface area (Å²) in [6.45, 7) is 4.82. The minimum Gasteiger partial charge on any atom is -0.385 e. The van der Waals surface area contributed by atoms with Crippen molar-refractivity contribution in [1.29, 1.82) is 0 Å². The van der Waals surface area contributed by atoms with Crippen molar-refractivity contribution in [2.24, 2.45) is 0 Å². The van der Waals surface area contributed by atoms with E-state index in [9.17, 15) is 9.50 Å². The molecule has 2 aromatic rings. The third-order valence-corrected chi connectivity index (χ3v) is 6.38. The molecule has 8 atom stereocenters. The highest BCUT2D eigenvalue weighted by Gasteiger charge is 2.45. The van der Waals surface area contributed by atoms with Gasteiger partial charge in [-0.25, -0.2) is 4.39 Å². The monoisotopic (exact) mass is 506 g/mol. The van der Waals surface area contributed by atoms with E-state index in [1.807, 2.05) is 74.5 Å². The Morgan fingerprint density at radius 2 is 1.17 bits per heavy atom. The van der Waals surface area contributed by atoms with Crippen molar-refractivity contribution in [3.05, 3.63) is 71.8 Å². The van der Waals surface area contributed by atoms with Gasteiger partial charge in [-0.15, -0.1) is 0 Å². The van der Waals surface area contributed by atoms with E-state index in [4.69, 9.17) is 28.4 Å². The smallest absolute Gasteiger partial charge is 0.191 e. The number of rotatable bonds is 10. The molecule has 0 saturated carbocycles. The summed E-state index contributed by atoms with van der Waals surface area (Å²) in [5.41, 5.74) is 2.11. The molecule has 36 heavy (non-hydrogen) atoms. The van der Waals surface area contributed by atoms with Gasteiger partial charge in [0.15, 0.2) is 18.8 Å². The predicted octanol–water partition coefficient (Wildman–Crippen LogP) is 4.41. The number of halogens is 1. The molecule has 200 valence electrons. The molecule has 1 N–H and O–H groups in total. The summed E-state index contributed by atoms with van der Waals surface area (Å²) in [7, 11) is 2.98. The van der Waals surface area contributed by atoms with Crippen molar-refractivity contribution in [2.45, 2.75) is 89.2 Å². The van der Waals surface area contributed by atoms with Crippen molar-refractivity contribution in [2.75, 3.05) is 14.2 Å². The van der Waals surface area contributed by atoms with Gasteiger partial charge >= 0.3 is 0 Å². The Morgan fingerprint density at radius 1 is 0.722 bits per heavy atom. The Balaban J connectivity index is 0.000000201. The van der Waals surface area contributed by atoms with Crippen LogP contribution in [0.2, 0.25) is 0 Å². The molecule has 0 amide bonds. The third-order valence-electron chi connectivity index (χ3n) is 6.38. The Hall–Kier alpha value is -1.91. The zero-order valence-electron chi connectivity index (χ0n) is 21.5. The third kappa shape index (κ3) is 7.55. The highest BCUT2D eigenvalue weighted by molar-refractivity contribution is 5.14. The molecule has 2 saturated heterocycles. The van der Waals surface area contributed by atoms with Crippen molar-refractivity contribution < 1.29 is 37.9 Å². The van der Waals surface area contributed by atoms with E-state index in [1.165, 1.54) is 14.2 Å². The number of alkyl halides is 1. The molecule has 0 aliphatic carbocycles. The van der Waals surface area contributed by atoms with E-state index < -0.39 is 31.0 Å². The molecule has 2 aliphatic rings. The van der Waals surface area contributed by atoms with E-state index in [2.05, 4.69) is 0 Å². The summed E-state index contributed by atoms with van der Waals surface area (Å²) in [6.07, 6.45) is -3.11. The molecule has 0 aromatic heterocycles. The topological polar surface area (TPSA) is 75.6 Å². The fourth-order valence-corrected chi connectivity index (χ4v) is 4.37. The number of aliphatic hydroxyl groups excluding tert-OH is 1. The fraction of sp³-hybridized carbons (Fsp3) is 0.571. The lowest BCUT2D eigenvalue weighted by atomic mass is 10.1. The standard InChI is InChI=1S/C14H19FO3.C14H20O4/c2*1-3-11-13(12(15)14(16-2)18-11)17-9-10-7-5-4-6-8-10/h4-8,11-14H,3,9H2,1-2H3;4-8,11-15H,3,9H2,1-2H3/t11-,12+,13?,14?;11-,12-,13?,14?/m11/s1. The van der Waals surface area contributed by atoms with Crippen molar-refractivity contribution >= 4 is 0 Å². The van der Waals surface area contributed by atoms with Crippen LogP contribution in [-0.2, 0) is 41.6 Å². The highest BCUT2D eigenvalue weighted by atomic mass is 19.1. The van der Waals surface area contributed by atoms with Gasteiger partial charge in [-0.3, -0.25) is 0 Å². The van der Waals surface area contributed by atoms with Crippen molar-refractivity contribution in [1.82, 2.24) is 0 Å². The summed E-state index contributed by atoms with van der Waals surface area (Å²) in [4.78, 5) is 0. The van der Waals surface area contributed by atoms with E-state index in [0.29, 0.717) is 19.6 Å². The van der Waals surface area contributed by atoms with E-state index in [-0.39, 0.29) is 18.3 Å². The fourth-order valence-electron chi connectivity index (χ4n) is 4.37. The van der Waals surface area contributed by atoms with Crippen LogP contribution in [0.1, 0.15) is 37.8 Å². The van der Waals surface area contributed by atoms with Gasteiger partial charge in [-0.1, -0.05) is 74.5 Å². The summed E-state index contributed by atoms with van der Waals surface area (Å²) in [5, 5.41) is 10.1. The van der Waals surface area contributed by atoms with E-state index >= 15 is 0 Å². The average molecular weight is 507 g/mol. The second-order valence-corrected chi connectivity index (χ2v) is 8.83. The molecule has 4 unspecified atom stereocenters. The van der Waals surface area contributed by atoms with Gasteiger partial charge in [0.25, 0.3) is 0 Å². The maximum atomic E-state index is 14.0. The van der Waals surface area contributed by atoms with Crippen LogP contribution in [0.3, 0.4) is 0 Å². The van der Waals surface area contributed by atoms with Gasteiger partial charge < -0.3 is 33.5 Å². The Kier molecular flexibility index (Phi) is 11.7. The molecule has 8 heteroatoms. The van der Waals surface area contributed by atoms with Gasteiger partial charge in [-0.05, 0) is 24.0 Å². The molecule has 7 nitrogen and oxygen atoms in total. The molecule has 4 rings (SSSR count). The predicted molar refractivity (Wildman–Crippen MR) is 133 cm³/mol. The first kappa shape index (κ1) is 28.7. The Labute approximate surface area is 213 Å². The molecule has 2 aliphatic heterocycles. The SMILES string of the molecule is CC[C@H]1OC(OC)[C@@H](F)C1OCc1ccccc1.CC[C@H]1OC(OC)[C@H](O)C1OCc1ccccc1. The van der Waals surface area contributed by atoms with Crippen LogP contribution in [-0.4, -0.2) is 68.6 Å². The number of ether oxygens (including phenoxy) is 6. The van der Waals surface area contributed by atoms with Gasteiger partial charge in [0.2, 0.25) is 0 Å². The first-order valence-corrected chi connectivity index (χ1v) is 12.5. The Morgan fingerprint density at radius 3 is 1.64 bits per heavy atom. The minimum atomic E-state index is -1.23. The summed E-state index contributed by atoms with van der Waals surface area (Å²) in [6, 6.07) is 19.6. The molecular weight excluding hydrogens is 467 g/mol. The zero-order valence-corrected chi connectivity index (χ0v) is 21.5. The normalized spacial score (nSPS) is 31.7. The average Bonchev–Trinajstić information content (AvgIpc) is 3.42. The van der Waals surface area contributed by atoms with Crippen LogP contribution < -0.4 is 0 Å². The van der Waals surface area contributed by atoms with Crippen molar-refractivity contribution in [3.63, 3.8) is 0 Å². The summed E-state index contributed by atoms with van der Waals surface area (Å²) >= 11 is 0. The first-order valence-electron chi connectivity index (χ1n) is 12.5. The lowest BCUT2D eigenvalue weighted by Gasteiger charge is -2.19. The van der Waals surface area contributed by atoms with Crippen LogP contribution in [0.15, 0.2) is 60.7 Å². The van der Waals surface area contributed by atoms with Gasteiger partial charge in [0, 0.05) is 14.2 Å². The molecule has 0 radical (unpaired) electrons. The second-order valence-electron chi connectivity index (χ2n) is 8.83.